The molecule has 0 aliphatic carbocycles. The molecular formula is C16H20N6O4. The van der Waals surface area contributed by atoms with Crippen molar-refractivity contribution in [3.63, 3.8) is 0 Å². The maximum atomic E-state index is 12.0. The molecule has 1 rings (SSSR count). The van der Waals surface area contributed by atoms with E-state index in [4.69, 9.17) is 0 Å². The molecule has 10 nitrogen and oxygen atoms in total. The second kappa shape index (κ2) is 9.87. The summed E-state index contributed by atoms with van der Waals surface area (Å²) in [6.45, 7) is 2.49. The van der Waals surface area contributed by atoms with Gasteiger partial charge in [0.05, 0.1) is 0 Å². The van der Waals surface area contributed by atoms with Gasteiger partial charge in [0.15, 0.2) is 11.6 Å². The van der Waals surface area contributed by atoms with Crippen molar-refractivity contribution in [3.8, 4) is 0 Å². The number of anilines is 2. The SMILES string of the molecule is CN=NC(C(C)=O)C(=O)Nc1ccc(NC(=O)C(N=NC)C(C)=O)cc1. The third-order valence-corrected chi connectivity index (χ3v) is 3.15. The highest BCUT2D eigenvalue weighted by Gasteiger charge is 2.24. The van der Waals surface area contributed by atoms with Crippen LogP contribution in [0.15, 0.2) is 44.7 Å². The van der Waals surface area contributed by atoms with Crippen molar-refractivity contribution in [2.24, 2.45) is 20.5 Å². The lowest BCUT2D eigenvalue weighted by atomic mass is 10.2. The number of nitrogens with one attached hydrogen (secondary N) is 2. The quantitative estimate of drug-likeness (QED) is 0.537. The van der Waals surface area contributed by atoms with Crippen LogP contribution in [-0.4, -0.2) is 49.6 Å². The van der Waals surface area contributed by atoms with E-state index in [2.05, 4.69) is 31.1 Å². The Hall–Kier alpha value is -3.30. The van der Waals surface area contributed by atoms with E-state index in [0.717, 1.165) is 0 Å². The number of benzene rings is 1. The van der Waals surface area contributed by atoms with Gasteiger partial charge in [0, 0.05) is 25.5 Å². The molecule has 1 aromatic carbocycles. The van der Waals surface area contributed by atoms with Crippen LogP contribution in [0.25, 0.3) is 0 Å². The zero-order valence-electron chi connectivity index (χ0n) is 14.9. The minimum atomic E-state index is -1.21. The van der Waals surface area contributed by atoms with Gasteiger partial charge in [0.2, 0.25) is 12.1 Å². The van der Waals surface area contributed by atoms with Crippen LogP contribution in [0.1, 0.15) is 13.8 Å². The van der Waals surface area contributed by atoms with Gasteiger partial charge in [-0.3, -0.25) is 19.2 Å². The monoisotopic (exact) mass is 360 g/mol. The molecule has 0 saturated carbocycles. The number of azo groups is 2. The minimum absolute atomic E-state index is 0.405. The highest BCUT2D eigenvalue weighted by atomic mass is 16.2. The van der Waals surface area contributed by atoms with Gasteiger partial charge in [0.1, 0.15) is 0 Å². The normalized spacial score (nSPS) is 13.4. The van der Waals surface area contributed by atoms with Gasteiger partial charge in [-0.1, -0.05) is 0 Å². The van der Waals surface area contributed by atoms with Crippen LogP contribution in [0, 0.1) is 0 Å². The predicted molar refractivity (Wildman–Crippen MR) is 94.2 cm³/mol. The van der Waals surface area contributed by atoms with Crippen molar-refractivity contribution in [1.29, 1.82) is 0 Å². The minimum Gasteiger partial charge on any atom is -0.324 e. The Labute approximate surface area is 150 Å². The van der Waals surface area contributed by atoms with Gasteiger partial charge in [-0.2, -0.15) is 20.5 Å². The van der Waals surface area contributed by atoms with Gasteiger partial charge in [-0.05, 0) is 38.1 Å². The van der Waals surface area contributed by atoms with Crippen LogP contribution in [0.4, 0.5) is 11.4 Å². The fraction of sp³-hybridized carbons (Fsp3) is 0.375. The summed E-state index contributed by atoms with van der Waals surface area (Å²) in [7, 11) is 2.74. The van der Waals surface area contributed by atoms with Crippen molar-refractivity contribution in [3.05, 3.63) is 24.3 Å². The molecule has 2 unspecified atom stereocenters. The molecule has 0 aliphatic rings. The number of rotatable bonds is 8. The first-order valence-electron chi connectivity index (χ1n) is 7.60. The molecule has 2 amide bonds. The van der Waals surface area contributed by atoms with Gasteiger partial charge in [-0.15, -0.1) is 0 Å². The highest BCUT2D eigenvalue weighted by molar-refractivity contribution is 6.11. The van der Waals surface area contributed by atoms with Crippen LogP contribution in [-0.2, 0) is 19.2 Å². The van der Waals surface area contributed by atoms with Crippen molar-refractivity contribution >= 4 is 34.8 Å². The first kappa shape index (κ1) is 20.7. The lowest BCUT2D eigenvalue weighted by molar-refractivity contribution is -0.127. The average Bonchev–Trinajstić information content (AvgIpc) is 2.58. The van der Waals surface area contributed by atoms with E-state index in [1.54, 1.807) is 0 Å². The summed E-state index contributed by atoms with van der Waals surface area (Å²) < 4.78 is 0. The fourth-order valence-corrected chi connectivity index (χ4v) is 1.93. The van der Waals surface area contributed by atoms with Crippen LogP contribution < -0.4 is 10.6 Å². The summed E-state index contributed by atoms with van der Waals surface area (Å²) in [5.41, 5.74) is 0.809. The molecule has 0 aliphatic heterocycles. The lowest BCUT2D eigenvalue weighted by Gasteiger charge is -2.11. The predicted octanol–water partition coefficient (Wildman–Crippen LogP) is 1.64. The molecule has 0 spiro atoms. The molecule has 10 heteroatoms. The summed E-state index contributed by atoms with van der Waals surface area (Å²) in [5.74, 6) is -2.09. The van der Waals surface area contributed by atoms with Crippen LogP contribution >= 0.6 is 0 Å². The largest absolute Gasteiger partial charge is 0.324 e. The summed E-state index contributed by atoms with van der Waals surface area (Å²) in [5, 5.41) is 19.2. The molecule has 0 fully saturated rings. The first-order chi connectivity index (χ1) is 12.3. The van der Waals surface area contributed by atoms with Crippen LogP contribution in [0.2, 0.25) is 0 Å². The third kappa shape index (κ3) is 5.96. The summed E-state index contributed by atoms with van der Waals surface area (Å²) >= 11 is 0. The van der Waals surface area contributed by atoms with Crippen molar-refractivity contribution in [2.45, 2.75) is 25.9 Å². The fourth-order valence-electron chi connectivity index (χ4n) is 1.93. The van der Waals surface area contributed by atoms with E-state index >= 15 is 0 Å². The number of hydrogen-bond acceptors (Lipinski definition) is 8. The molecule has 0 radical (unpaired) electrons. The average molecular weight is 360 g/mol. The molecule has 0 aromatic heterocycles. The van der Waals surface area contributed by atoms with Crippen LogP contribution in [0.3, 0.4) is 0 Å². The van der Waals surface area contributed by atoms with Crippen molar-refractivity contribution < 1.29 is 19.2 Å². The zero-order valence-corrected chi connectivity index (χ0v) is 14.9. The second-order valence-corrected chi connectivity index (χ2v) is 5.21. The van der Waals surface area contributed by atoms with Crippen molar-refractivity contribution in [2.75, 3.05) is 24.7 Å². The van der Waals surface area contributed by atoms with Gasteiger partial charge in [-0.25, -0.2) is 0 Å². The summed E-state index contributed by atoms with van der Waals surface area (Å²) in [6, 6.07) is 3.68. The van der Waals surface area contributed by atoms with E-state index in [1.807, 2.05) is 0 Å². The second-order valence-electron chi connectivity index (χ2n) is 5.21. The van der Waals surface area contributed by atoms with E-state index in [9.17, 15) is 19.2 Å². The molecule has 1 aromatic rings. The molecular weight excluding hydrogens is 340 g/mol. The molecule has 0 bridgehead atoms. The smallest absolute Gasteiger partial charge is 0.258 e. The third-order valence-electron chi connectivity index (χ3n) is 3.15. The van der Waals surface area contributed by atoms with Gasteiger partial charge >= 0.3 is 0 Å². The summed E-state index contributed by atoms with van der Waals surface area (Å²) in [4.78, 5) is 46.9. The van der Waals surface area contributed by atoms with E-state index in [1.165, 1.54) is 52.2 Å². The number of hydrogen-bond donors (Lipinski definition) is 2. The van der Waals surface area contributed by atoms with E-state index in [0.29, 0.717) is 11.4 Å². The van der Waals surface area contributed by atoms with E-state index < -0.39 is 35.5 Å². The number of carbonyl (C=O) groups is 4. The number of carbonyl (C=O) groups excluding carboxylic acids is 4. The molecule has 26 heavy (non-hydrogen) atoms. The first-order valence-corrected chi connectivity index (χ1v) is 7.60. The molecule has 138 valence electrons. The Morgan fingerprint density at radius 1 is 0.731 bits per heavy atom. The molecule has 0 heterocycles. The van der Waals surface area contributed by atoms with E-state index in [-0.39, 0.29) is 0 Å². The number of Topliss-reactive ketones (excluding diaryl/α,β-unsaturated/α-hetero) is 2. The maximum Gasteiger partial charge on any atom is 0.258 e. The van der Waals surface area contributed by atoms with Gasteiger partial charge in [0.25, 0.3) is 11.8 Å². The number of ketones is 2. The Bertz CT molecular complexity index is 679. The molecule has 0 saturated heterocycles. The molecule has 2 N–H and O–H groups in total. The lowest BCUT2D eigenvalue weighted by Crippen LogP contribution is -2.32. The number of amides is 2. The Morgan fingerprint density at radius 3 is 1.27 bits per heavy atom. The van der Waals surface area contributed by atoms with Crippen molar-refractivity contribution in [1.82, 2.24) is 0 Å². The summed E-state index contributed by atoms with van der Waals surface area (Å²) in [6.07, 6.45) is 0. The Morgan fingerprint density at radius 2 is 1.04 bits per heavy atom. The number of nitrogens with zero attached hydrogens (tertiary/aromatic N) is 4. The highest BCUT2D eigenvalue weighted by Crippen LogP contribution is 2.15. The Kier molecular flexibility index (Phi) is 7.87. The molecule has 2 atom stereocenters. The Balaban J connectivity index is 2.80. The van der Waals surface area contributed by atoms with Crippen LogP contribution in [0.5, 0.6) is 0 Å². The zero-order chi connectivity index (χ0) is 19.7. The maximum absolute atomic E-state index is 12.0. The topological polar surface area (TPSA) is 142 Å². The standard InChI is InChI=1S/C16H20N6O4/c1-9(23)13(21-17-3)15(25)19-11-5-7-12(8-6-11)20-16(26)14(10(2)24)22-18-4/h5-8,13-14H,1-4H3,(H,19,25)(H,20,26). The van der Waals surface area contributed by atoms with Gasteiger partial charge < -0.3 is 10.6 Å².